The van der Waals surface area contributed by atoms with Crippen molar-refractivity contribution < 1.29 is 19.4 Å². The minimum absolute atomic E-state index is 0.0525. The molecule has 1 unspecified atom stereocenters. The number of methoxy groups -OCH3 is 1. The van der Waals surface area contributed by atoms with Crippen LogP contribution in [0.15, 0.2) is 11.4 Å². The lowest BCUT2D eigenvalue weighted by Crippen LogP contribution is -2.52. The summed E-state index contributed by atoms with van der Waals surface area (Å²) in [6.07, 6.45) is 2.04. The van der Waals surface area contributed by atoms with Crippen LogP contribution in [0.3, 0.4) is 0 Å². The van der Waals surface area contributed by atoms with Gasteiger partial charge in [0.25, 0.3) is 5.91 Å². The monoisotopic (exact) mass is 311 g/mol. The number of piperidine rings is 1. The summed E-state index contributed by atoms with van der Waals surface area (Å²) in [5.41, 5.74) is 0.0509. The van der Waals surface area contributed by atoms with Crippen LogP contribution in [-0.2, 0) is 16.0 Å². The van der Waals surface area contributed by atoms with Crippen LogP contribution < -0.4 is 0 Å². The molecule has 116 valence electrons. The summed E-state index contributed by atoms with van der Waals surface area (Å²) in [4.78, 5) is 26.7. The molecule has 2 rings (SSSR count). The molecule has 1 N–H and O–H groups in total. The molecule has 0 saturated carbocycles. The molecule has 0 radical (unpaired) electrons. The van der Waals surface area contributed by atoms with E-state index < -0.39 is 11.4 Å². The molecule has 1 aliphatic rings. The lowest BCUT2D eigenvalue weighted by Gasteiger charge is -2.39. The molecular formula is C15H21NO4S. The largest absolute Gasteiger partial charge is 0.481 e. The third kappa shape index (κ3) is 3.11. The Labute approximate surface area is 128 Å². The van der Waals surface area contributed by atoms with Gasteiger partial charge in [0.15, 0.2) is 0 Å². The SMILES string of the molecule is CCc1ccsc1C(=O)N1CCCC(COC)(C(=O)O)C1. The Hall–Kier alpha value is -1.40. The van der Waals surface area contributed by atoms with E-state index in [1.54, 1.807) is 4.90 Å². The maximum atomic E-state index is 12.7. The summed E-state index contributed by atoms with van der Waals surface area (Å²) >= 11 is 1.43. The highest BCUT2D eigenvalue weighted by Gasteiger charge is 2.44. The van der Waals surface area contributed by atoms with Crippen LogP contribution in [0.2, 0.25) is 0 Å². The highest BCUT2D eigenvalue weighted by Crippen LogP contribution is 2.32. The van der Waals surface area contributed by atoms with Crippen molar-refractivity contribution in [3.8, 4) is 0 Å². The molecule has 1 atom stereocenters. The van der Waals surface area contributed by atoms with Crippen molar-refractivity contribution in [3.63, 3.8) is 0 Å². The average molecular weight is 311 g/mol. The molecule has 2 heterocycles. The number of rotatable bonds is 5. The normalized spacial score (nSPS) is 22.3. The first kappa shape index (κ1) is 16.0. The van der Waals surface area contributed by atoms with Gasteiger partial charge in [0, 0.05) is 20.2 Å². The van der Waals surface area contributed by atoms with E-state index in [1.807, 2.05) is 18.4 Å². The van der Waals surface area contributed by atoms with E-state index in [1.165, 1.54) is 18.4 Å². The molecule has 0 spiro atoms. The Morgan fingerprint density at radius 1 is 1.52 bits per heavy atom. The molecule has 21 heavy (non-hydrogen) atoms. The number of hydrogen-bond donors (Lipinski definition) is 1. The molecule has 1 saturated heterocycles. The molecule has 0 bridgehead atoms. The average Bonchev–Trinajstić information content (AvgIpc) is 2.95. The van der Waals surface area contributed by atoms with Crippen LogP contribution in [0, 0.1) is 5.41 Å². The Morgan fingerprint density at radius 2 is 2.29 bits per heavy atom. The summed E-state index contributed by atoms with van der Waals surface area (Å²) in [5.74, 6) is -0.938. The number of aliphatic carboxylic acids is 1. The lowest BCUT2D eigenvalue weighted by molar-refractivity contribution is -0.155. The third-order valence-electron chi connectivity index (χ3n) is 4.06. The van der Waals surface area contributed by atoms with Crippen molar-refractivity contribution in [2.24, 2.45) is 5.41 Å². The van der Waals surface area contributed by atoms with Crippen LogP contribution in [0.4, 0.5) is 0 Å². The number of likely N-dealkylation sites (tertiary alicyclic amines) is 1. The van der Waals surface area contributed by atoms with E-state index in [-0.39, 0.29) is 19.1 Å². The summed E-state index contributed by atoms with van der Waals surface area (Å²) in [6, 6.07) is 1.96. The minimum Gasteiger partial charge on any atom is -0.481 e. The second-order valence-electron chi connectivity index (χ2n) is 5.48. The van der Waals surface area contributed by atoms with Crippen molar-refractivity contribution >= 4 is 23.2 Å². The first-order chi connectivity index (χ1) is 10.0. The number of aryl methyl sites for hydroxylation is 1. The standard InChI is InChI=1S/C15H21NO4S/c1-3-11-5-8-21-12(11)13(17)16-7-4-6-15(9-16,10-20-2)14(18)19/h5,8H,3-4,6-7,9-10H2,1-2H3,(H,18,19). The van der Waals surface area contributed by atoms with E-state index >= 15 is 0 Å². The van der Waals surface area contributed by atoms with Crippen molar-refractivity contribution in [1.29, 1.82) is 0 Å². The van der Waals surface area contributed by atoms with E-state index in [0.717, 1.165) is 16.9 Å². The molecule has 1 aliphatic heterocycles. The van der Waals surface area contributed by atoms with E-state index in [2.05, 4.69) is 0 Å². The number of hydrogen-bond acceptors (Lipinski definition) is 4. The van der Waals surface area contributed by atoms with Gasteiger partial charge < -0.3 is 14.7 Å². The maximum absolute atomic E-state index is 12.7. The van der Waals surface area contributed by atoms with Gasteiger partial charge in [-0.1, -0.05) is 6.92 Å². The second-order valence-corrected chi connectivity index (χ2v) is 6.39. The van der Waals surface area contributed by atoms with Gasteiger partial charge in [-0.3, -0.25) is 9.59 Å². The fraction of sp³-hybridized carbons (Fsp3) is 0.600. The molecule has 1 aromatic heterocycles. The first-order valence-electron chi connectivity index (χ1n) is 7.12. The van der Waals surface area contributed by atoms with Gasteiger partial charge in [0.05, 0.1) is 11.5 Å². The maximum Gasteiger partial charge on any atom is 0.313 e. The zero-order chi connectivity index (χ0) is 15.5. The summed E-state index contributed by atoms with van der Waals surface area (Å²) < 4.78 is 5.09. The Morgan fingerprint density at radius 3 is 2.90 bits per heavy atom. The van der Waals surface area contributed by atoms with Crippen LogP contribution in [0.5, 0.6) is 0 Å². The fourth-order valence-electron chi connectivity index (χ4n) is 2.88. The number of ether oxygens (including phenoxy) is 1. The molecule has 0 aliphatic carbocycles. The predicted octanol–water partition coefficient (Wildman–Crippen LogP) is 2.26. The first-order valence-corrected chi connectivity index (χ1v) is 8.00. The Bertz CT molecular complexity index is 523. The second kappa shape index (κ2) is 6.58. The number of carboxylic acids is 1. The Balaban J connectivity index is 2.20. The van der Waals surface area contributed by atoms with Crippen molar-refractivity contribution in [2.75, 3.05) is 26.8 Å². The molecule has 5 nitrogen and oxygen atoms in total. The van der Waals surface area contributed by atoms with Gasteiger partial charge >= 0.3 is 5.97 Å². The fourth-order valence-corrected chi connectivity index (χ4v) is 3.84. The summed E-state index contributed by atoms with van der Waals surface area (Å²) in [5, 5.41) is 11.4. The molecule has 0 aromatic carbocycles. The van der Waals surface area contributed by atoms with Gasteiger partial charge in [-0.15, -0.1) is 11.3 Å². The zero-order valence-corrected chi connectivity index (χ0v) is 13.2. The molecular weight excluding hydrogens is 290 g/mol. The topological polar surface area (TPSA) is 66.8 Å². The molecule has 1 fully saturated rings. The van der Waals surface area contributed by atoms with E-state index in [9.17, 15) is 14.7 Å². The Kier molecular flexibility index (Phi) is 5.00. The van der Waals surface area contributed by atoms with Gasteiger partial charge in [-0.2, -0.15) is 0 Å². The van der Waals surface area contributed by atoms with Gasteiger partial charge in [-0.25, -0.2) is 0 Å². The van der Waals surface area contributed by atoms with Gasteiger partial charge in [0.1, 0.15) is 5.41 Å². The van der Waals surface area contributed by atoms with Crippen molar-refractivity contribution in [2.45, 2.75) is 26.2 Å². The van der Waals surface area contributed by atoms with Crippen LogP contribution in [0.25, 0.3) is 0 Å². The van der Waals surface area contributed by atoms with Crippen LogP contribution in [-0.4, -0.2) is 48.7 Å². The smallest absolute Gasteiger partial charge is 0.313 e. The highest BCUT2D eigenvalue weighted by atomic mass is 32.1. The molecule has 1 aromatic rings. The number of nitrogens with zero attached hydrogens (tertiary/aromatic N) is 1. The van der Waals surface area contributed by atoms with Crippen LogP contribution >= 0.6 is 11.3 Å². The molecule has 1 amide bonds. The van der Waals surface area contributed by atoms with Crippen molar-refractivity contribution in [1.82, 2.24) is 4.90 Å². The number of carboxylic acid groups (broad SMARTS) is 1. The number of carbonyl (C=O) groups excluding carboxylic acids is 1. The van der Waals surface area contributed by atoms with Gasteiger partial charge in [-0.05, 0) is 36.3 Å². The summed E-state index contributed by atoms with van der Waals surface area (Å²) in [6.45, 7) is 2.98. The van der Waals surface area contributed by atoms with Crippen molar-refractivity contribution in [3.05, 3.63) is 21.9 Å². The lowest BCUT2D eigenvalue weighted by atomic mass is 9.80. The van der Waals surface area contributed by atoms with Crippen LogP contribution in [0.1, 0.15) is 35.0 Å². The van der Waals surface area contributed by atoms with E-state index in [0.29, 0.717) is 19.4 Å². The van der Waals surface area contributed by atoms with E-state index in [4.69, 9.17) is 4.74 Å². The predicted molar refractivity (Wildman–Crippen MR) is 80.8 cm³/mol. The highest BCUT2D eigenvalue weighted by molar-refractivity contribution is 7.12. The molecule has 6 heteroatoms. The zero-order valence-electron chi connectivity index (χ0n) is 12.4. The third-order valence-corrected chi connectivity index (χ3v) is 5.00. The number of amides is 1. The minimum atomic E-state index is -0.980. The number of carbonyl (C=O) groups is 2. The number of thiophene rings is 1. The quantitative estimate of drug-likeness (QED) is 0.906. The van der Waals surface area contributed by atoms with Gasteiger partial charge in [0.2, 0.25) is 0 Å². The summed E-state index contributed by atoms with van der Waals surface area (Å²) in [7, 11) is 1.50.